The van der Waals surface area contributed by atoms with E-state index in [1.54, 1.807) is 0 Å². The van der Waals surface area contributed by atoms with E-state index in [2.05, 4.69) is 4.98 Å². The van der Waals surface area contributed by atoms with E-state index in [1.165, 1.54) is 4.90 Å². The van der Waals surface area contributed by atoms with E-state index in [9.17, 15) is 14.7 Å². The van der Waals surface area contributed by atoms with Gasteiger partial charge >= 0.3 is 6.09 Å². The fourth-order valence-electron chi connectivity index (χ4n) is 4.78. The molecule has 6 nitrogen and oxygen atoms in total. The zero-order valence-corrected chi connectivity index (χ0v) is 14.4. The highest BCUT2D eigenvalue weighted by molar-refractivity contribution is 6.00. The van der Waals surface area contributed by atoms with Crippen LogP contribution in [0.5, 0.6) is 0 Å². The van der Waals surface area contributed by atoms with Gasteiger partial charge in [0.15, 0.2) is 0 Å². The summed E-state index contributed by atoms with van der Waals surface area (Å²) >= 11 is 0. The first-order valence-electron chi connectivity index (χ1n) is 9.23. The lowest BCUT2D eigenvalue weighted by atomic mass is 9.79. The number of aromatic nitrogens is 1. The van der Waals surface area contributed by atoms with Gasteiger partial charge in [-0.05, 0) is 42.0 Å². The first-order chi connectivity index (χ1) is 12.6. The van der Waals surface area contributed by atoms with Crippen LogP contribution < -0.4 is 0 Å². The molecule has 26 heavy (non-hydrogen) atoms. The van der Waals surface area contributed by atoms with Gasteiger partial charge in [-0.1, -0.05) is 18.2 Å². The van der Waals surface area contributed by atoms with Gasteiger partial charge in [0.25, 0.3) is 0 Å². The first kappa shape index (κ1) is 15.5. The molecular weight excluding hydrogens is 330 g/mol. The summed E-state index contributed by atoms with van der Waals surface area (Å²) in [5.41, 5.74) is 4.24. The number of hydrogen-bond donors (Lipinski definition) is 2. The van der Waals surface area contributed by atoms with Crippen molar-refractivity contribution in [3.8, 4) is 0 Å². The first-order valence-corrected chi connectivity index (χ1v) is 9.23. The third-order valence-corrected chi connectivity index (χ3v) is 6.00. The van der Waals surface area contributed by atoms with Crippen LogP contribution in [0.15, 0.2) is 30.5 Å². The predicted molar refractivity (Wildman–Crippen MR) is 97.8 cm³/mol. The molecule has 0 saturated carbocycles. The number of hydrogen-bond acceptors (Lipinski definition) is 2. The van der Waals surface area contributed by atoms with Crippen molar-refractivity contribution in [1.82, 2.24) is 14.8 Å². The lowest BCUT2D eigenvalue weighted by molar-refractivity contribution is -0.133. The molecule has 1 aliphatic carbocycles. The molecule has 1 aromatic heterocycles. The second-order valence-corrected chi connectivity index (χ2v) is 7.46. The number of amides is 2. The van der Waals surface area contributed by atoms with E-state index >= 15 is 0 Å². The predicted octanol–water partition coefficient (Wildman–Crippen LogP) is 2.71. The highest BCUT2D eigenvalue weighted by Crippen LogP contribution is 2.41. The van der Waals surface area contributed by atoms with Crippen LogP contribution in [-0.4, -0.2) is 57.6 Å². The molecule has 0 spiro atoms. The summed E-state index contributed by atoms with van der Waals surface area (Å²) < 4.78 is 0. The maximum absolute atomic E-state index is 12.9. The Morgan fingerprint density at radius 1 is 1.19 bits per heavy atom. The third kappa shape index (κ3) is 2.18. The summed E-state index contributed by atoms with van der Waals surface area (Å²) in [6.45, 7) is 1.81. The quantitative estimate of drug-likeness (QED) is 0.829. The number of rotatable bonds is 1. The lowest BCUT2D eigenvalue weighted by Crippen LogP contribution is -2.51. The number of nitrogens with zero attached hydrogens (tertiary/aromatic N) is 2. The van der Waals surface area contributed by atoms with Crippen molar-refractivity contribution in [1.29, 1.82) is 0 Å². The van der Waals surface area contributed by atoms with Gasteiger partial charge in [0.05, 0.1) is 12.0 Å². The second-order valence-electron chi connectivity index (χ2n) is 7.46. The van der Waals surface area contributed by atoms with Gasteiger partial charge in [0, 0.05) is 36.7 Å². The average molecular weight is 351 g/mol. The molecule has 1 saturated heterocycles. The molecule has 6 heteroatoms. The smallest absolute Gasteiger partial charge is 0.407 e. The van der Waals surface area contributed by atoms with Gasteiger partial charge in [0.1, 0.15) is 0 Å². The fourth-order valence-corrected chi connectivity index (χ4v) is 4.78. The Morgan fingerprint density at radius 3 is 2.77 bits per heavy atom. The van der Waals surface area contributed by atoms with Crippen LogP contribution in [0.2, 0.25) is 0 Å². The number of fused-ring (bicyclic) bond motifs is 2. The Labute approximate surface area is 151 Å². The Morgan fingerprint density at radius 2 is 2.00 bits per heavy atom. The van der Waals surface area contributed by atoms with Gasteiger partial charge in [-0.15, -0.1) is 0 Å². The fraction of sp³-hybridized carbons (Fsp3) is 0.400. The Kier molecular flexibility index (Phi) is 3.35. The zero-order valence-electron chi connectivity index (χ0n) is 14.4. The number of benzene rings is 1. The van der Waals surface area contributed by atoms with Gasteiger partial charge in [0.2, 0.25) is 5.91 Å². The molecule has 3 heterocycles. The van der Waals surface area contributed by atoms with Crippen LogP contribution in [0.25, 0.3) is 16.5 Å². The standard InChI is InChI=1S/C20H21N3O3/c24-19(22-6-1-2-7-22)13-8-15-14-4-3-5-16-18(14)12(10-21-16)9-17(15)23(11-13)20(25)26/h3-5,8,10,13,17,21H,1-2,6-7,9,11H2,(H,25,26). The van der Waals surface area contributed by atoms with E-state index in [-0.39, 0.29) is 18.5 Å². The summed E-state index contributed by atoms with van der Waals surface area (Å²) in [6, 6.07) is 5.84. The van der Waals surface area contributed by atoms with E-state index in [1.807, 2.05) is 35.4 Å². The van der Waals surface area contributed by atoms with Crippen LogP contribution in [0, 0.1) is 5.92 Å². The summed E-state index contributed by atoms with van der Waals surface area (Å²) in [7, 11) is 0. The molecule has 2 amide bonds. The molecule has 2 unspecified atom stereocenters. The average Bonchev–Trinajstić information content (AvgIpc) is 3.31. The largest absolute Gasteiger partial charge is 0.465 e. The SMILES string of the molecule is O=C(C1C=C2c3cccc4[nH]cc(c34)CC2N(C(=O)O)C1)N1CCCC1. The van der Waals surface area contributed by atoms with Gasteiger partial charge in [-0.2, -0.15) is 0 Å². The summed E-state index contributed by atoms with van der Waals surface area (Å²) in [4.78, 5) is 31.5. The van der Waals surface area contributed by atoms with Gasteiger partial charge < -0.3 is 15.0 Å². The van der Waals surface area contributed by atoms with Crippen molar-refractivity contribution in [3.05, 3.63) is 41.6 Å². The molecule has 2 atom stereocenters. The van der Waals surface area contributed by atoms with Crippen LogP contribution in [0.1, 0.15) is 24.0 Å². The van der Waals surface area contributed by atoms with Crippen LogP contribution >= 0.6 is 0 Å². The molecule has 0 bridgehead atoms. The number of carboxylic acid groups (broad SMARTS) is 1. The van der Waals surface area contributed by atoms with Crippen molar-refractivity contribution in [3.63, 3.8) is 0 Å². The van der Waals surface area contributed by atoms with E-state index in [0.29, 0.717) is 6.42 Å². The highest BCUT2D eigenvalue weighted by atomic mass is 16.4. The minimum atomic E-state index is -0.953. The second kappa shape index (κ2) is 5.62. The van der Waals surface area contributed by atoms with Crippen LogP contribution in [-0.2, 0) is 11.2 Å². The molecular formula is C20H21N3O3. The molecule has 2 aromatic rings. The normalized spacial score (nSPS) is 24.5. The van der Waals surface area contributed by atoms with E-state index in [4.69, 9.17) is 0 Å². The molecule has 0 radical (unpaired) electrons. The number of H-pyrrole nitrogens is 1. The Bertz CT molecular complexity index is 939. The minimum Gasteiger partial charge on any atom is -0.465 e. The van der Waals surface area contributed by atoms with Crippen molar-refractivity contribution >= 4 is 28.5 Å². The molecule has 1 fully saturated rings. The summed E-state index contributed by atoms with van der Waals surface area (Å²) in [5.74, 6) is -0.335. The molecule has 5 rings (SSSR count). The Hall–Kier alpha value is -2.76. The summed E-state index contributed by atoms with van der Waals surface area (Å²) in [5, 5.41) is 11.0. The number of carbonyl (C=O) groups is 2. The Balaban J connectivity index is 1.62. The van der Waals surface area contributed by atoms with Crippen LogP contribution in [0.4, 0.5) is 4.79 Å². The highest BCUT2D eigenvalue weighted by Gasteiger charge is 2.40. The molecule has 2 aliphatic heterocycles. The van der Waals surface area contributed by atoms with Crippen molar-refractivity contribution < 1.29 is 14.7 Å². The molecule has 2 N–H and O–H groups in total. The molecule has 1 aromatic carbocycles. The van der Waals surface area contributed by atoms with Crippen molar-refractivity contribution in [2.24, 2.45) is 5.92 Å². The third-order valence-electron chi connectivity index (χ3n) is 6.00. The maximum Gasteiger partial charge on any atom is 0.407 e. The monoisotopic (exact) mass is 351 g/mol. The van der Waals surface area contributed by atoms with Gasteiger partial charge in [-0.25, -0.2) is 4.79 Å². The molecule has 3 aliphatic rings. The zero-order chi connectivity index (χ0) is 17.8. The van der Waals surface area contributed by atoms with Gasteiger partial charge in [-0.3, -0.25) is 9.69 Å². The number of likely N-dealkylation sites (tertiary alicyclic amines) is 1. The van der Waals surface area contributed by atoms with Crippen molar-refractivity contribution in [2.45, 2.75) is 25.3 Å². The van der Waals surface area contributed by atoms with Crippen LogP contribution in [0.3, 0.4) is 0 Å². The minimum absolute atomic E-state index is 0.0618. The van der Waals surface area contributed by atoms with Crippen molar-refractivity contribution in [2.75, 3.05) is 19.6 Å². The molecule has 134 valence electrons. The maximum atomic E-state index is 12.9. The summed E-state index contributed by atoms with van der Waals surface area (Å²) in [6.07, 6.45) is 5.78. The van der Waals surface area contributed by atoms with E-state index < -0.39 is 12.0 Å². The topological polar surface area (TPSA) is 76.6 Å². The van der Waals surface area contributed by atoms with E-state index in [0.717, 1.165) is 53.5 Å². The number of nitrogens with one attached hydrogen (secondary N) is 1. The lowest BCUT2D eigenvalue weighted by Gasteiger charge is -2.40. The number of aromatic amines is 1. The number of carbonyl (C=O) groups excluding carboxylic acids is 1.